The van der Waals surface area contributed by atoms with E-state index in [2.05, 4.69) is 24.3 Å². The lowest BCUT2D eigenvalue weighted by molar-refractivity contribution is -0.0297. The normalized spacial score (nSPS) is 19.7. The Labute approximate surface area is 132 Å². The Morgan fingerprint density at radius 3 is 1.59 bits per heavy atom. The maximum absolute atomic E-state index is 10.2. The lowest BCUT2D eigenvalue weighted by atomic mass is 9.51. The molecule has 0 aromatic heterocycles. The quantitative estimate of drug-likeness (QED) is 0.906. The van der Waals surface area contributed by atoms with Gasteiger partial charge in [-0.05, 0) is 24.0 Å². The van der Waals surface area contributed by atoms with Crippen LogP contribution in [0.3, 0.4) is 0 Å². The molecule has 2 aromatic carbocycles. The number of aliphatic hydroxyl groups is 2. The van der Waals surface area contributed by atoms with E-state index in [0.29, 0.717) is 0 Å². The second-order valence-corrected chi connectivity index (χ2v) is 6.44. The van der Waals surface area contributed by atoms with E-state index in [1.54, 1.807) is 0 Å². The molecule has 0 atom stereocenters. The number of rotatable bonds is 4. The number of benzene rings is 2. The Kier molecular flexibility index (Phi) is 4.32. The molecule has 2 N–H and O–H groups in total. The van der Waals surface area contributed by atoms with Crippen LogP contribution in [0.4, 0.5) is 0 Å². The second kappa shape index (κ2) is 6.23. The van der Waals surface area contributed by atoms with Gasteiger partial charge >= 0.3 is 0 Å². The van der Waals surface area contributed by atoms with E-state index in [1.807, 2.05) is 36.4 Å². The molecule has 0 unspecified atom stereocenters. The first-order chi connectivity index (χ1) is 10.8. The fourth-order valence-electron chi connectivity index (χ4n) is 4.32. The van der Waals surface area contributed by atoms with Crippen molar-refractivity contribution in [3.63, 3.8) is 0 Å². The first kappa shape index (κ1) is 15.3. The summed E-state index contributed by atoms with van der Waals surface area (Å²) in [4.78, 5) is 0. The van der Waals surface area contributed by atoms with Gasteiger partial charge in [0.05, 0.1) is 13.2 Å². The monoisotopic (exact) mass is 296 g/mol. The lowest BCUT2D eigenvalue weighted by Crippen LogP contribution is -2.53. The molecule has 0 radical (unpaired) electrons. The summed E-state index contributed by atoms with van der Waals surface area (Å²) in [6, 6.07) is 20.8. The van der Waals surface area contributed by atoms with E-state index in [0.717, 1.165) is 25.7 Å². The fraction of sp³-hybridized carbons (Fsp3) is 0.400. The number of aliphatic hydroxyl groups excluding tert-OH is 2. The summed E-state index contributed by atoms with van der Waals surface area (Å²) in [7, 11) is 0. The van der Waals surface area contributed by atoms with Crippen molar-refractivity contribution in [3.05, 3.63) is 71.8 Å². The van der Waals surface area contributed by atoms with E-state index in [-0.39, 0.29) is 18.6 Å². The Bertz CT molecular complexity index is 548. The highest BCUT2D eigenvalue weighted by Crippen LogP contribution is 2.55. The molecule has 0 heterocycles. The second-order valence-electron chi connectivity index (χ2n) is 6.44. The third kappa shape index (κ3) is 2.18. The molecular formula is C20H24O2. The maximum atomic E-state index is 10.2. The van der Waals surface area contributed by atoms with Gasteiger partial charge in [-0.25, -0.2) is 0 Å². The topological polar surface area (TPSA) is 40.5 Å². The summed E-state index contributed by atoms with van der Waals surface area (Å²) < 4.78 is 0. The van der Waals surface area contributed by atoms with Crippen molar-refractivity contribution in [2.75, 3.05) is 13.2 Å². The average molecular weight is 296 g/mol. The fourth-order valence-corrected chi connectivity index (χ4v) is 4.32. The van der Waals surface area contributed by atoms with Crippen LogP contribution in [-0.4, -0.2) is 23.4 Å². The van der Waals surface area contributed by atoms with Crippen LogP contribution in [0.2, 0.25) is 0 Å². The molecule has 0 aliphatic heterocycles. The first-order valence-electron chi connectivity index (χ1n) is 8.12. The van der Waals surface area contributed by atoms with Crippen LogP contribution in [0.1, 0.15) is 36.8 Å². The Balaban J connectivity index is 2.27. The van der Waals surface area contributed by atoms with Gasteiger partial charge in [0.25, 0.3) is 0 Å². The smallest absolute Gasteiger partial charge is 0.0521 e. The van der Waals surface area contributed by atoms with Gasteiger partial charge in [0.1, 0.15) is 0 Å². The highest BCUT2D eigenvalue weighted by Gasteiger charge is 2.53. The summed E-state index contributed by atoms with van der Waals surface area (Å²) in [6.07, 6.45) is 3.99. The minimum atomic E-state index is -0.506. The van der Waals surface area contributed by atoms with E-state index in [9.17, 15) is 10.2 Å². The van der Waals surface area contributed by atoms with Crippen LogP contribution in [0, 0.1) is 5.41 Å². The zero-order valence-corrected chi connectivity index (χ0v) is 12.9. The molecule has 0 amide bonds. The molecule has 3 rings (SSSR count). The molecular weight excluding hydrogens is 272 g/mol. The summed E-state index contributed by atoms with van der Waals surface area (Å²) in [5.41, 5.74) is 1.57. The third-order valence-corrected chi connectivity index (χ3v) is 5.50. The maximum Gasteiger partial charge on any atom is 0.0521 e. The van der Waals surface area contributed by atoms with E-state index >= 15 is 0 Å². The molecule has 1 fully saturated rings. The van der Waals surface area contributed by atoms with Gasteiger partial charge in [0, 0.05) is 10.8 Å². The van der Waals surface area contributed by atoms with Crippen molar-refractivity contribution in [2.45, 2.75) is 31.1 Å². The standard InChI is InChI=1S/C20H24O2/c21-15-19(16-22)13-7-8-14-20(19,17-9-3-1-4-10-17)18-11-5-2-6-12-18/h1-6,9-12,21-22H,7-8,13-16H2. The van der Waals surface area contributed by atoms with Gasteiger partial charge in [-0.2, -0.15) is 0 Å². The summed E-state index contributed by atoms with van der Waals surface area (Å²) >= 11 is 0. The molecule has 1 saturated carbocycles. The zero-order chi connectivity index (χ0) is 15.5. The van der Waals surface area contributed by atoms with Crippen molar-refractivity contribution >= 4 is 0 Å². The predicted molar refractivity (Wildman–Crippen MR) is 88.7 cm³/mol. The van der Waals surface area contributed by atoms with Crippen molar-refractivity contribution in [2.24, 2.45) is 5.41 Å². The molecule has 2 aromatic rings. The molecule has 116 valence electrons. The molecule has 22 heavy (non-hydrogen) atoms. The average Bonchev–Trinajstić information content (AvgIpc) is 2.63. The molecule has 2 heteroatoms. The van der Waals surface area contributed by atoms with Crippen LogP contribution >= 0.6 is 0 Å². The highest BCUT2D eigenvalue weighted by molar-refractivity contribution is 5.43. The lowest BCUT2D eigenvalue weighted by Gasteiger charge is -2.53. The summed E-state index contributed by atoms with van der Waals surface area (Å²) in [5, 5.41) is 20.5. The highest BCUT2D eigenvalue weighted by atomic mass is 16.3. The minimum absolute atomic E-state index is 0.00723. The SMILES string of the molecule is OCC1(CO)CCCCC1(c1ccccc1)c1ccccc1. The van der Waals surface area contributed by atoms with Crippen molar-refractivity contribution in [1.29, 1.82) is 0 Å². The van der Waals surface area contributed by atoms with Crippen molar-refractivity contribution in [3.8, 4) is 0 Å². The van der Waals surface area contributed by atoms with Crippen LogP contribution in [-0.2, 0) is 5.41 Å². The van der Waals surface area contributed by atoms with E-state index in [1.165, 1.54) is 11.1 Å². The Hall–Kier alpha value is -1.64. The van der Waals surface area contributed by atoms with Gasteiger partial charge < -0.3 is 10.2 Å². The van der Waals surface area contributed by atoms with Crippen LogP contribution in [0.15, 0.2) is 60.7 Å². The molecule has 1 aliphatic rings. The minimum Gasteiger partial charge on any atom is -0.396 e. The zero-order valence-electron chi connectivity index (χ0n) is 12.9. The molecule has 0 bridgehead atoms. The van der Waals surface area contributed by atoms with Crippen molar-refractivity contribution in [1.82, 2.24) is 0 Å². The van der Waals surface area contributed by atoms with E-state index in [4.69, 9.17) is 0 Å². The molecule has 2 nitrogen and oxygen atoms in total. The Morgan fingerprint density at radius 2 is 1.14 bits per heavy atom. The Morgan fingerprint density at radius 1 is 0.682 bits per heavy atom. The van der Waals surface area contributed by atoms with Crippen molar-refractivity contribution < 1.29 is 10.2 Å². The number of hydrogen-bond donors (Lipinski definition) is 2. The van der Waals surface area contributed by atoms with Gasteiger partial charge in [-0.15, -0.1) is 0 Å². The molecule has 0 spiro atoms. The van der Waals surface area contributed by atoms with Gasteiger partial charge in [-0.3, -0.25) is 0 Å². The first-order valence-corrected chi connectivity index (χ1v) is 8.12. The molecule has 1 aliphatic carbocycles. The van der Waals surface area contributed by atoms with Gasteiger partial charge in [-0.1, -0.05) is 73.5 Å². The van der Waals surface area contributed by atoms with Crippen LogP contribution in [0.25, 0.3) is 0 Å². The van der Waals surface area contributed by atoms with E-state index < -0.39 is 5.41 Å². The van der Waals surface area contributed by atoms with Crippen LogP contribution < -0.4 is 0 Å². The molecule has 0 saturated heterocycles. The summed E-state index contributed by atoms with van der Waals surface area (Å²) in [5.74, 6) is 0. The number of hydrogen-bond acceptors (Lipinski definition) is 2. The largest absolute Gasteiger partial charge is 0.396 e. The third-order valence-electron chi connectivity index (χ3n) is 5.50. The van der Waals surface area contributed by atoms with Gasteiger partial charge in [0.2, 0.25) is 0 Å². The summed E-state index contributed by atoms with van der Waals surface area (Å²) in [6.45, 7) is 0.0145. The predicted octanol–water partition coefficient (Wildman–Crippen LogP) is 3.52. The van der Waals surface area contributed by atoms with Gasteiger partial charge in [0.15, 0.2) is 0 Å². The van der Waals surface area contributed by atoms with Crippen LogP contribution in [0.5, 0.6) is 0 Å².